The van der Waals surface area contributed by atoms with Gasteiger partial charge >= 0.3 is 6.18 Å². The average Bonchev–Trinajstić information content (AvgIpc) is 2.95. The maximum absolute atomic E-state index is 13.0. The third-order valence-electron chi connectivity index (χ3n) is 5.04. The van der Waals surface area contributed by atoms with Gasteiger partial charge in [0.2, 0.25) is 0 Å². The molecule has 5 heteroatoms. The van der Waals surface area contributed by atoms with Crippen LogP contribution in [0.4, 0.5) is 13.2 Å². The van der Waals surface area contributed by atoms with Crippen molar-refractivity contribution in [3.05, 3.63) is 0 Å². The summed E-state index contributed by atoms with van der Waals surface area (Å²) in [5.74, 6) is -1.09. The van der Waals surface area contributed by atoms with E-state index < -0.39 is 12.1 Å². The van der Waals surface area contributed by atoms with Gasteiger partial charge in [-0.15, -0.1) is 0 Å². The molecule has 0 aromatic carbocycles. The van der Waals surface area contributed by atoms with Gasteiger partial charge in [0.05, 0.1) is 5.92 Å². The van der Waals surface area contributed by atoms with E-state index >= 15 is 0 Å². The molecule has 1 aliphatic heterocycles. The molecule has 1 saturated heterocycles. The molecule has 0 aromatic rings. The van der Waals surface area contributed by atoms with Gasteiger partial charge in [0.15, 0.2) is 0 Å². The van der Waals surface area contributed by atoms with Gasteiger partial charge in [-0.2, -0.15) is 13.2 Å². The van der Waals surface area contributed by atoms with Crippen LogP contribution in [0.2, 0.25) is 0 Å². The van der Waals surface area contributed by atoms with Crippen LogP contribution in [0, 0.1) is 5.92 Å². The first kappa shape index (κ1) is 17.1. The van der Waals surface area contributed by atoms with Gasteiger partial charge in [-0.25, -0.2) is 0 Å². The molecule has 3 atom stereocenters. The van der Waals surface area contributed by atoms with Crippen LogP contribution >= 0.6 is 0 Å². The molecule has 124 valence electrons. The summed E-state index contributed by atoms with van der Waals surface area (Å²) in [4.78, 5) is 2.35. The average molecular weight is 306 g/mol. The van der Waals surface area contributed by atoms with Crippen molar-refractivity contribution in [3.63, 3.8) is 0 Å². The molecule has 2 fully saturated rings. The highest BCUT2D eigenvalue weighted by molar-refractivity contribution is 4.87. The van der Waals surface area contributed by atoms with Gasteiger partial charge in [0.25, 0.3) is 0 Å². The fraction of sp³-hybridized carbons (Fsp3) is 1.00. The normalized spacial score (nSPS) is 31.0. The Morgan fingerprint density at radius 3 is 2.57 bits per heavy atom. The lowest BCUT2D eigenvalue weighted by molar-refractivity contribution is -0.186. The SMILES string of the molecule is CCCCN(CC1CCCN1)C1CCCC(C(F)(F)F)C1. The van der Waals surface area contributed by atoms with Gasteiger partial charge < -0.3 is 5.32 Å². The minimum atomic E-state index is -4.01. The summed E-state index contributed by atoms with van der Waals surface area (Å²) in [5, 5.41) is 3.48. The van der Waals surface area contributed by atoms with Crippen LogP contribution in [0.5, 0.6) is 0 Å². The lowest BCUT2D eigenvalue weighted by atomic mass is 9.84. The van der Waals surface area contributed by atoms with Crippen LogP contribution in [0.15, 0.2) is 0 Å². The number of hydrogen-bond acceptors (Lipinski definition) is 2. The Kier molecular flexibility index (Phi) is 6.35. The summed E-state index contributed by atoms with van der Waals surface area (Å²) >= 11 is 0. The van der Waals surface area contributed by atoms with E-state index in [1.807, 2.05) is 0 Å². The summed E-state index contributed by atoms with van der Waals surface area (Å²) in [6, 6.07) is 0.604. The fourth-order valence-electron chi connectivity index (χ4n) is 3.77. The topological polar surface area (TPSA) is 15.3 Å². The number of nitrogens with one attached hydrogen (secondary N) is 1. The molecule has 0 radical (unpaired) electrons. The maximum Gasteiger partial charge on any atom is 0.391 e. The molecule has 0 spiro atoms. The molecule has 1 N–H and O–H groups in total. The fourth-order valence-corrected chi connectivity index (χ4v) is 3.77. The zero-order valence-corrected chi connectivity index (χ0v) is 13.1. The quantitative estimate of drug-likeness (QED) is 0.799. The molecule has 0 aromatic heterocycles. The first-order valence-corrected chi connectivity index (χ1v) is 8.55. The predicted octanol–water partition coefficient (Wildman–Crippen LogP) is 3.96. The van der Waals surface area contributed by atoms with E-state index in [4.69, 9.17) is 0 Å². The third-order valence-corrected chi connectivity index (χ3v) is 5.04. The van der Waals surface area contributed by atoms with Crippen molar-refractivity contribution >= 4 is 0 Å². The van der Waals surface area contributed by atoms with Crippen molar-refractivity contribution in [2.75, 3.05) is 19.6 Å². The molecule has 2 rings (SSSR count). The number of nitrogens with zero attached hydrogens (tertiary/aromatic N) is 1. The number of halogens is 3. The highest BCUT2D eigenvalue weighted by Gasteiger charge is 2.43. The Hall–Kier alpha value is -0.290. The van der Waals surface area contributed by atoms with Crippen molar-refractivity contribution in [3.8, 4) is 0 Å². The van der Waals surface area contributed by atoms with E-state index in [9.17, 15) is 13.2 Å². The summed E-state index contributed by atoms with van der Waals surface area (Å²) in [6.45, 7) is 5.08. The summed E-state index contributed by atoms with van der Waals surface area (Å²) < 4.78 is 39.0. The predicted molar refractivity (Wildman–Crippen MR) is 79.3 cm³/mol. The van der Waals surface area contributed by atoms with E-state index in [1.54, 1.807) is 0 Å². The smallest absolute Gasteiger partial charge is 0.313 e. The largest absolute Gasteiger partial charge is 0.391 e. The molecule has 3 unspecified atom stereocenters. The third kappa shape index (κ3) is 5.13. The summed E-state index contributed by atoms with van der Waals surface area (Å²) in [5.41, 5.74) is 0. The van der Waals surface area contributed by atoms with Crippen molar-refractivity contribution in [1.82, 2.24) is 10.2 Å². The van der Waals surface area contributed by atoms with Crippen LogP contribution in [0.25, 0.3) is 0 Å². The first-order valence-electron chi connectivity index (χ1n) is 8.55. The molecule has 1 aliphatic carbocycles. The molecule has 2 nitrogen and oxygen atoms in total. The first-order chi connectivity index (χ1) is 10.0. The van der Waals surface area contributed by atoms with Crippen molar-refractivity contribution in [2.45, 2.75) is 76.6 Å². The highest BCUT2D eigenvalue weighted by atomic mass is 19.4. The van der Waals surface area contributed by atoms with E-state index in [-0.39, 0.29) is 6.04 Å². The van der Waals surface area contributed by atoms with E-state index in [1.165, 1.54) is 6.42 Å². The minimum absolute atomic E-state index is 0.124. The second-order valence-electron chi connectivity index (χ2n) is 6.70. The summed E-state index contributed by atoms with van der Waals surface area (Å²) in [7, 11) is 0. The molecule has 1 heterocycles. The molecule has 0 amide bonds. The zero-order chi connectivity index (χ0) is 15.3. The number of alkyl halides is 3. The van der Waals surface area contributed by atoms with Crippen LogP contribution in [0.3, 0.4) is 0 Å². The van der Waals surface area contributed by atoms with Crippen molar-refractivity contribution < 1.29 is 13.2 Å². The monoisotopic (exact) mass is 306 g/mol. The van der Waals surface area contributed by atoms with Gasteiger partial charge in [-0.3, -0.25) is 4.90 Å². The second kappa shape index (κ2) is 7.82. The Bertz CT molecular complexity index is 300. The Balaban J connectivity index is 1.93. The van der Waals surface area contributed by atoms with Crippen LogP contribution in [-0.2, 0) is 0 Å². The molecular formula is C16H29F3N2. The lowest BCUT2D eigenvalue weighted by Crippen LogP contribution is -2.47. The molecule has 1 saturated carbocycles. The Labute approximate surface area is 126 Å². The number of rotatable bonds is 6. The Morgan fingerprint density at radius 1 is 1.14 bits per heavy atom. The van der Waals surface area contributed by atoms with Gasteiger partial charge in [0.1, 0.15) is 0 Å². The van der Waals surface area contributed by atoms with Gasteiger partial charge in [-0.1, -0.05) is 19.8 Å². The highest BCUT2D eigenvalue weighted by Crippen LogP contribution is 2.39. The van der Waals surface area contributed by atoms with E-state index in [2.05, 4.69) is 17.1 Å². The standard InChI is InChI=1S/C16H29F3N2/c1-2-3-10-21(12-14-7-5-9-20-14)15-8-4-6-13(11-15)16(17,18)19/h13-15,20H,2-12H2,1H3. The second-order valence-corrected chi connectivity index (χ2v) is 6.70. The van der Waals surface area contributed by atoms with Crippen molar-refractivity contribution in [1.29, 1.82) is 0 Å². The maximum atomic E-state index is 13.0. The number of hydrogen-bond donors (Lipinski definition) is 1. The molecule has 0 bridgehead atoms. The van der Waals surface area contributed by atoms with Gasteiger partial charge in [0, 0.05) is 18.6 Å². The lowest BCUT2D eigenvalue weighted by Gasteiger charge is -2.39. The van der Waals surface area contributed by atoms with E-state index in [0.717, 1.165) is 51.7 Å². The van der Waals surface area contributed by atoms with E-state index in [0.29, 0.717) is 18.9 Å². The molecule has 2 aliphatic rings. The zero-order valence-electron chi connectivity index (χ0n) is 13.1. The Morgan fingerprint density at radius 2 is 1.95 bits per heavy atom. The molecular weight excluding hydrogens is 277 g/mol. The van der Waals surface area contributed by atoms with Crippen LogP contribution in [-0.4, -0.2) is 42.8 Å². The van der Waals surface area contributed by atoms with Crippen LogP contribution in [0.1, 0.15) is 58.3 Å². The van der Waals surface area contributed by atoms with Gasteiger partial charge in [-0.05, 0) is 51.6 Å². The van der Waals surface area contributed by atoms with Crippen molar-refractivity contribution in [2.24, 2.45) is 5.92 Å². The minimum Gasteiger partial charge on any atom is -0.313 e. The molecule has 21 heavy (non-hydrogen) atoms. The number of unbranched alkanes of at least 4 members (excludes halogenated alkanes) is 1. The van der Waals surface area contributed by atoms with Crippen LogP contribution < -0.4 is 5.32 Å². The summed E-state index contributed by atoms with van der Waals surface area (Å²) in [6.07, 6.45) is 2.81.